The molecule has 2 heterocycles. The molecule has 1 fully saturated rings. The summed E-state index contributed by atoms with van der Waals surface area (Å²) in [5, 5.41) is 6.99. The molecule has 164 valence electrons. The van der Waals surface area contributed by atoms with Crippen molar-refractivity contribution in [2.24, 2.45) is 5.92 Å². The topological polar surface area (TPSA) is 75.6 Å². The van der Waals surface area contributed by atoms with Crippen molar-refractivity contribution in [3.8, 4) is 0 Å². The van der Waals surface area contributed by atoms with Crippen LogP contribution in [0, 0.1) is 5.92 Å². The summed E-state index contributed by atoms with van der Waals surface area (Å²) in [5.41, 5.74) is 2.44. The number of rotatable bonds is 9. The fraction of sp³-hybridized carbons (Fsp3) is 0.565. The van der Waals surface area contributed by atoms with Crippen LogP contribution in [0.25, 0.3) is 10.9 Å². The SMILES string of the molecule is CCCn1c(C(=O)NCCN2CCOCC2)cc2cc(NC(=O)CC(C)C)ccc21. The number of hydrogen-bond donors (Lipinski definition) is 2. The highest BCUT2D eigenvalue weighted by atomic mass is 16.5. The average molecular weight is 415 g/mol. The van der Waals surface area contributed by atoms with Crippen LogP contribution in [0.3, 0.4) is 0 Å². The van der Waals surface area contributed by atoms with E-state index in [2.05, 4.69) is 27.0 Å². The van der Waals surface area contributed by atoms with Gasteiger partial charge in [-0.3, -0.25) is 14.5 Å². The standard InChI is InChI=1S/C23H34N4O3/c1-4-8-27-20-6-5-19(25-22(28)14-17(2)3)15-18(20)16-21(27)23(29)24-7-9-26-10-12-30-13-11-26/h5-6,15-17H,4,7-14H2,1-3H3,(H,24,29)(H,25,28). The predicted octanol–water partition coefficient (Wildman–Crippen LogP) is 3.10. The van der Waals surface area contributed by atoms with Gasteiger partial charge in [-0.15, -0.1) is 0 Å². The number of carbonyl (C=O) groups excluding carboxylic acids is 2. The maximum absolute atomic E-state index is 12.9. The van der Waals surface area contributed by atoms with Gasteiger partial charge in [0.15, 0.2) is 0 Å². The number of anilines is 1. The molecule has 7 nitrogen and oxygen atoms in total. The number of ether oxygens (including phenoxy) is 1. The summed E-state index contributed by atoms with van der Waals surface area (Å²) in [4.78, 5) is 27.3. The van der Waals surface area contributed by atoms with Gasteiger partial charge in [-0.1, -0.05) is 20.8 Å². The number of aromatic nitrogens is 1. The molecule has 1 aliphatic heterocycles. The van der Waals surface area contributed by atoms with E-state index in [1.807, 2.05) is 38.1 Å². The fourth-order valence-corrected chi connectivity index (χ4v) is 3.83. The molecule has 2 amide bonds. The quantitative estimate of drug-likeness (QED) is 0.661. The van der Waals surface area contributed by atoms with Crippen molar-refractivity contribution in [3.05, 3.63) is 30.0 Å². The second-order valence-electron chi connectivity index (χ2n) is 8.31. The minimum Gasteiger partial charge on any atom is -0.379 e. The molecule has 0 spiro atoms. The Morgan fingerprint density at radius 1 is 1.13 bits per heavy atom. The Balaban J connectivity index is 1.71. The molecule has 1 aliphatic rings. The van der Waals surface area contributed by atoms with E-state index in [0.717, 1.165) is 62.4 Å². The minimum atomic E-state index is -0.0571. The van der Waals surface area contributed by atoms with E-state index in [9.17, 15) is 9.59 Å². The van der Waals surface area contributed by atoms with E-state index in [4.69, 9.17) is 4.74 Å². The minimum absolute atomic E-state index is 0.0124. The zero-order chi connectivity index (χ0) is 21.5. The van der Waals surface area contributed by atoms with Crippen LogP contribution in [0.4, 0.5) is 5.69 Å². The summed E-state index contributed by atoms with van der Waals surface area (Å²) in [7, 11) is 0. The fourth-order valence-electron chi connectivity index (χ4n) is 3.83. The monoisotopic (exact) mass is 414 g/mol. The van der Waals surface area contributed by atoms with Gasteiger partial charge in [0.05, 0.1) is 13.2 Å². The van der Waals surface area contributed by atoms with Crippen LogP contribution >= 0.6 is 0 Å². The Kier molecular flexibility index (Phi) is 7.87. The van der Waals surface area contributed by atoms with Crippen LogP contribution in [-0.2, 0) is 16.1 Å². The molecule has 2 aromatic rings. The first-order valence-corrected chi connectivity index (χ1v) is 11.0. The van der Waals surface area contributed by atoms with Gasteiger partial charge in [-0.2, -0.15) is 0 Å². The lowest BCUT2D eigenvalue weighted by molar-refractivity contribution is -0.116. The smallest absolute Gasteiger partial charge is 0.267 e. The van der Waals surface area contributed by atoms with Gasteiger partial charge in [-0.25, -0.2) is 0 Å². The zero-order valence-electron chi connectivity index (χ0n) is 18.4. The third kappa shape index (κ3) is 5.83. The summed E-state index contributed by atoms with van der Waals surface area (Å²) in [6.07, 6.45) is 1.43. The largest absolute Gasteiger partial charge is 0.379 e. The van der Waals surface area contributed by atoms with Crippen molar-refractivity contribution in [2.45, 2.75) is 40.2 Å². The van der Waals surface area contributed by atoms with Crippen LogP contribution < -0.4 is 10.6 Å². The van der Waals surface area contributed by atoms with E-state index in [1.165, 1.54) is 0 Å². The Morgan fingerprint density at radius 3 is 2.60 bits per heavy atom. The number of amides is 2. The number of morpholine rings is 1. The molecule has 1 saturated heterocycles. The second-order valence-corrected chi connectivity index (χ2v) is 8.31. The lowest BCUT2D eigenvalue weighted by Gasteiger charge is -2.26. The summed E-state index contributed by atoms with van der Waals surface area (Å²) in [5.74, 6) is 0.267. The van der Waals surface area contributed by atoms with Crippen molar-refractivity contribution in [2.75, 3.05) is 44.7 Å². The van der Waals surface area contributed by atoms with Crippen molar-refractivity contribution in [3.63, 3.8) is 0 Å². The van der Waals surface area contributed by atoms with E-state index in [1.54, 1.807) is 0 Å². The second kappa shape index (κ2) is 10.6. The van der Waals surface area contributed by atoms with Crippen molar-refractivity contribution in [1.29, 1.82) is 0 Å². The number of fused-ring (bicyclic) bond motifs is 1. The summed E-state index contributed by atoms with van der Waals surface area (Å²) in [6.45, 7) is 11.7. The van der Waals surface area contributed by atoms with Gasteiger partial charge in [0, 0.05) is 55.7 Å². The molecule has 0 aliphatic carbocycles. The summed E-state index contributed by atoms with van der Waals surface area (Å²) in [6, 6.07) is 7.77. The van der Waals surface area contributed by atoms with Crippen LogP contribution in [-0.4, -0.2) is 60.7 Å². The molecular weight excluding hydrogens is 380 g/mol. The number of aryl methyl sites for hydroxylation is 1. The molecule has 7 heteroatoms. The number of nitrogens with zero attached hydrogens (tertiary/aromatic N) is 2. The molecule has 0 saturated carbocycles. The third-order valence-corrected chi connectivity index (χ3v) is 5.28. The number of nitrogens with one attached hydrogen (secondary N) is 2. The normalized spacial score (nSPS) is 14.9. The predicted molar refractivity (Wildman–Crippen MR) is 120 cm³/mol. The maximum atomic E-state index is 12.9. The Hall–Kier alpha value is -2.38. The van der Waals surface area contributed by atoms with Crippen LogP contribution in [0.15, 0.2) is 24.3 Å². The molecular formula is C23H34N4O3. The number of carbonyl (C=O) groups is 2. The first kappa shape index (κ1) is 22.3. The van der Waals surface area contributed by atoms with Gasteiger partial charge in [0.2, 0.25) is 5.91 Å². The third-order valence-electron chi connectivity index (χ3n) is 5.28. The maximum Gasteiger partial charge on any atom is 0.267 e. The van der Waals surface area contributed by atoms with Gasteiger partial charge in [0.1, 0.15) is 5.69 Å². The zero-order valence-corrected chi connectivity index (χ0v) is 18.4. The van der Waals surface area contributed by atoms with Gasteiger partial charge in [-0.05, 0) is 36.6 Å². The van der Waals surface area contributed by atoms with Crippen molar-refractivity contribution in [1.82, 2.24) is 14.8 Å². The Morgan fingerprint density at radius 2 is 1.90 bits per heavy atom. The molecule has 0 atom stereocenters. The van der Waals surface area contributed by atoms with Crippen LogP contribution in [0.2, 0.25) is 0 Å². The first-order valence-electron chi connectivity index (χ1n) is 11.0. The molecule has 0 unspecified atom stereocenters. The van der Waals surface area contributed by atoms with Gasteiger partial charge >= 0.3 is 0 Å². The van der Waals surface area contributed by atoms with Crippen molar-refractivity contribution < 1.29 is 14.3 Å². The van der Waals surface area contributed by atoms with Gasteiger partial charge < -0.3 is 19.9 Å². The number of benzene rings is 1. The molecule has 0 bridgehead atoms. The molecule has 3 rings (SSSR count). The molecule has 1 aromatic carbocycles. The summed E-state index contributed by atoms with van der Waals surface area (Å²) >= 11 is 0. The Bertz CT molecular complexity index is 869. The molecule has 1 aromatic heterocycles. The first-order chi connectivity index (χ1) is 14.5. The molecule has 30 heavy (non-hydrogen) atoms. The highest BCUT2D eigenvalue weighted by molar-refractivity contribution is 6.00. The lowest BCUT2D eigenvalue weighted by atomic mass is 10.1. The average Bonchev–Trinajstić information content (AvgIpc) is 3.06. The highest BCUT2D eigenvalue weighted by Gasteiger charge is 2.17. The van der Waals surface area contributed by atoms with E-state index in [-0.39, 0.29) is 11.8 Å². The highest BCUT2D eigenvalue weighted by Crippen LogP contribution is 2.24. The lowest BCUT2D eigenvalue weighted by Crippen LogP contribution is -2.41. The summed E-state index contributed by atoms with van der Waals surface area (Å²) < 4.78 is 7.44. The van der Waals surface area contributed by atoms with Crippen LogP contribution in [0.5, 0.6) is 0 Å². The van der Waals surface area contributed by atoms with Crippen molar-refractivity contribution >= 4 is 28.4 Å². The van der Waals surface area contributed by atoms with Crippen LogP contribution in [0.1, 0.15) is 44.1 Å². The Labute approximate surface area is 178 Å². The molecule has 0 radical (unpaired) electrons. The van der Waals surface area contributed by atoms with E-state index in [0.29, 0.717) is 24.6 Å². The van der Waals surface area contributed by atoms with E-state index < -0.39 is 0 Å². The molecule has 2 N–H and O–H groups in total. The van der Waals surface area contributed by atoms with E-state index >= 15 is 0 Å². The van der Waals surface area contributed by atoms with Gasteiger partial charge in [0.25, 0.3) is 5.91 Å². The number of hydrogen-bond acceptors (Lipinski definition) is 4.